The van der Waals surface area contributed by atoms with Gasteiger partial charge in [-0.05, 0) is 20.8 Å². The Morgan fingerprint density at radius 3 is 1.00 bits per heavy atom. The second kappa shape index (κ2) is 4.21. The molecule has 10 heavy (non-hydrogen) atoms. The van der Waals surface area contributed by atoms with Crippen molar-refractivity contribution in [1.29, 1.82) is 0 Å². The fourth-order valence-electron chi connectivity index (χ4n) is 0.859. The first-order valence-electron chi connectivity index (χ1n) is 2.98. The highest BCUT2D eigenvalue weighted by Gasteiger charge is 2.14. The Balaban J connectivity index is 4.43. The lowest BCUT2D eigenvalue weighted by Crippen LogP contribution is -2.22. The molecular formula is C7H10S3. The van der Waals surface area contributed by atoms with E-state index in [4.69, 9.17) is 36.7 Å². The predicted molar refractivity (Wildman–Crippen MR) is 58.3 cm³/mol. The van der Waals surface area contributed by atoms with E-state index in [2.05, 4.69) is 0 Å². The fourth-order valence-corrected chi connectivity index (χ4v) is 2.14. The van der Waals surface area contributed by atoms with Gasteiger partial charge in [-0.15, -0.1) is 0 Å². The van der Waals surface area contributed by atoms with Gasteiger partial charge in [-0.25, -0.2) is 0 Å². The molecule has 0 aromatic heterocycles. The van der Waals surface area contributed by atoms with Gasteiger partial charge < -0.3 is 0 Å². The summed E-state index contributed by atoms with van der Waals surface area (Å²) in [5.41, 5.74) is 0. The molecule has 0 aliphatic carbocycles. The van der Waals surface area contributed by atoms with Gasteiger partial charge in [0, 0.05) is 14.6 Å². The van der Waals surface area contributed by atoms with Crippen LogP contribution < -0.4 is 0 Å². The molecule has 0 nitrogen and oxygen atoms in total. The van der Waals surface area contributed by atoms with Crippen molar-refractivity contribution in [3.63, 3.8) is 0 Å². The third kappa shape index (κ3) is 2.90. The average molecular weight is 190 g/mol. The van der Waals surface area contributed by atoms with Crippen LogP contribution in [0.25, 0.3) is 0 Å². The predicted octanol–water partition coefficient (Wildman–Crippen LogP) is 2.77. The molecule has 0 radical (unpaired) electrons. The third-order valence-electron chi connectivity index (χ3n) is 1.22. The Morgan fingerprint density at radius 1 is 0.800 bits per heavy atom. The van der Waals surface area contributed by atoms with Gasteiger partial charge in [0.1, 0.15) is 0 Å². The van der Waals surface area contributed by atoms with E-state index in [0.29, 0.717) is 0 Å². The van der Waals surface area contributed by atoms with Gasteiger partial charge in [-0.1, -0.05) is 36.7 Å². The first kappa shape index (κ1) is 10.3. The summed E-state index contributed by atoms with van der Waals surface area (Å²) >= 11 is 15.0. The Bertz CT molecular complexity index is 148. The molecular weight excluding hydrogens is 180 g/mol. The zero-order chi connectivity index (χ0) is 8.31. The molecule has 0 saturated heterocycles. The SMILES string of the molecule is CC(=S)C(C(C)=S)C(C)=S. The first-order valence-corrected chi connectivity index (χ1v) is 4.20. The first-order chi connectivity index (χ1) is 4.46. The molecule has 0 unspecified atom stereocenters. The van der Waals surface area contributed by atoms with E-state index in [9.17, 15) is 0 Å². The molecule has 0 saturated carbocycles. The van der Waals surface area contributed by atoms with E-state index in [1.807, 2.05) is 20.8 Å². The Hall–Kier alpha value is 0.270. The van der Waals surface area contributed by atoms with Gasteiger partial charge in [-0.2, -0.15) is 0 Å². The van der Waals surface area contributed by atoms with Gasteiger partial charge in [0.25, 0.3) is 0 Å². The summed E-state index contributed by atoms with van der Waals surface area (Å²) in [6, 6.07) is 0. The van der Waals surface area contributed by atoms with Crippen LogP contribution >= 0.6 is 36.7 Å². The number of hydrogen-bond acceptors (Lipinski definition) is 3. The Morgan fingerprint density at radius 2 is 1.00 bits per heavy atom. The highest BCUT2D eigenvalue weighted by molar-refractivity contribution is 7.84. The summed E-state index contributed by atoms with van der Waals surface area (Å²) in [5, 5.41) is 0. The van der Waals surface area contributed by atoms with Gasteiger partial charge in [0.2, 0.25) is 0 Å². The number of hydrogen-bond donors (Lipinski definition) is 0. The van der Waals surface area contributed by atoms with Crippen molar-refractivity contribution in [1.82, 2.24) is 0 Å². The molecule has 0 aromatic rings. The zero-order valence-electron chi connectivity index (χ0n) is 6.30. The molecule has 0 aliphatic heterocycles. The van der Waals surface area contributed by atoms with Crippen LogP contribution in [-0.4, -0.2) is 14.6 Å². The van der Waals surface area contributed by atoms with Crippen molar-refractivity contribution in [2.45, 2.75) is 20.8 Å². The van der Waals surface area contributed by atoms with E-state index in [0.717, 1.165) is 14.6 Å². The van der Waals surface area contributed by atoms with Crippen molar-refractivity contribution in [3.05, 3.63) is 0 Å². The summed E-state index contributed by atoms with van der Waals surface area (Å²) in [7, 11) is 0. The quantitative estimate of drug-likeness (QED) is 0.628. The summed E-state index contributed by atoms with van der Waals surface area (Å²) in [5.74, 6) is 0.0833. The minimum absolute atomic E-state index is 0.0833. The molecule has 0 N–H and O–H groups in total. The van der Waals surface area contributed by atoms with E-state index in [-0.39, 0.29) is 5.92 Å². The van der Waals surface area contributed by atoms with Gasteiger partial charge in [-0.3, -0.25) is 0 Å². The van der Waals surface area contributed by atoms with E-state index in [1.165, 1.54) is 0 Å². The van der Waals surface area contributed by atoms with Gasteiger partial charge in [0.15, 0.2) is 0 Å². The largest absolute Gasteiger partial charge is 0.0889 e. The molecule has 0 atom stereocenters. The zero-order valence-corrected chi connectivity index (χ0v) is 8.75. The van der Waals surface area contributed by atoms with Crippen LogP contribution in [-0.2, 0) is 0 Å². The van der Waals surface area contributed by atoms with Crippen molar-refractivity contribution in [2.75, 3.05) is 0 Å². The highest BCUT2D eigenvalue weighted by atomic mass is 32.1. The van der Waals surface area contributed by atoms with Gasteiger partial charge in [0.05, 0.1) is 5.92 Å². The van der Waals surface area contributed by atoms with Crippen LogP contribution in [0.1, 0.15) is 20.8 Å². The minimum Gasteiger partial charge on any atom is -0.0889 e. The van der Waals surface area contributed by atoms with E-state index >= 15 is 0 Å². The third-order valence-corrected chi connectivity index (χ3v) is 1.93. The smallest absolute Gasteiger partial charge is 0.0522 e. The topological polar surface area (TPSA) is 0 Å². The van der Waals surface area contributed by atoms with E-state index in [1.54, 1.807) is 0 Å². The second-order valence-electron chi connectivity index (χ2n) is 2.26. The molecule has 0 amide bonds. The lowest BCUT2D eigenvalue weighted by molar-refractivity contribution is 1.34. The van der Waals surface area contributed by atoms with Crippen LogP contribution in [0, 0.1) is 5.92 Å². The minimum atomic E-state index is 0.0833. The number of thiocarbonyl (C=S) groups is 3. The maximum Gasteiger partial charge on any atom is 0.0522 e. The maximum atomic E-state index is 4.99. The van der Waals surface area contributed by atoms with Crippen LogP contribution in [0.4, 0.5) is 0 Å². The molecule has 0 bridgehead atoms. The van der Waals surface area contributed by atoms with Crippen LogP contribution in [0.5, 0.6) is 0 Å². The monoisotopic (exact) mass is 190 g/mol. The highest BCUT2D eigenvalue weighted by Crippen LogP contribution is 2.06. The van der Waals surface area contributed by atoms with E-state index < -0.39 is 0 Å². The normalized spacial score (nSPS) is 9.60. The standard InChI is InChI=1S/C7H10S3/c1-4(8)7(5(2)9)6(3)10/h7H,1-3H3. The maximum absolute atomic E-state index is 4.99. The lowest BCUT2D eigenvalue weighted by Gasteiger charge is -2.11. The van der Waals surface area contributed by atoms with Crippen LogP contribution in [0.2, 0.25) is 0 Å². The molecule has 0 rings (SSSR count). The molecule has 56 valence electrons. The average Bonchev–Trinajstić information content (AvgIpc) is 1.59. The second-order valence-corrected chi connectivity index (χ2v) is 4.20. The van der Waals surface area contributed by atoms with Gasteiger partial charge >= 0.3 is 0 Å². The summed E-state index contributed by atoms with van der Waals surface area (Å²) in [6.07, 6.45) is 0. The molecule has 0 aliphatic rings. The summed E-state index contributed by atoms with van der Waals surface area (Å²) in [6.45, 7) is 5.64. The van der Waals surface area contributed by atoms with Crippen molar-refractivity contribution < 1.29 is 0 Å². The Labute approximate surface area is 78.0 Å². The lowest BCUT2D eigenvalue weighted by atomic mass is 10.0. The molecule has 0 heterocycles. The van der Waals surface area contributed by atoms with Crippen LogP contribution in [0.15, 0.2) is 0 Å². The Kier molecular flexibility index (Phi) is 4.32. The number of rotatable bonds is 3. The molecule has 0 aromatic carbocycles. The van der Waals surface area contributed by atoms with Crippen molar-refractivity contribution in [3.8, 4) is 0 Å². The molecule has 0 spiro atoms. The fraction of sp³-hybridized carbons (Fsp3) is 0.571. The molecule has 3 heteroatoms. The van der Waals surface area contributed by atoms with Crippen molar-refractivity contribution >= 4 is 51.2 Å². The summed E-state index contributed by atoms with van der Waals surface area (Å²) < 4.78 is 0. The van der Waals surface area contributed by atoms with Crippen LogP contribution in [0.3, 0.4) is 0 Å². The summed E-state index contributed by atoms with van der Waals surface area (Å²) in [4.78, 5) is 2.63. The molecule has 0 fully saturated rings. The van der Waals surface area contributed by atoms with Crippen molar-refractivity contribution in [2.24, 2.45) is 5.92 Å².